The van der Waals surface area contributed by atoms with Gasteiger partial charge in [-0.2, -0.15) is 0 Å². The van der Waals surface area contributed by atoms with Crippen LogP contribution in [0.1, 0.15) is 103 Å². The van der Waals surface area contributed by atoms with Crippen LogP contribution < -0.4 is 10.6 Å². The van der Waals surface area contributed by atoms with Crippen molar-refractivity contribution in [3.05, 3.63) is 33.7 Å². The van der Waals surface area contributed by atoms with Crippen molar-refractivity contribution in [2.24, 2.45) is 40.5 Å². The standard InChI is InChI=1S/C37H52N4O9/c1-17-10-19(3)32(20(4)11-17)49-36(46)30-23(7)26(39-34(30)38-25(9)42)14-27-24(8)31(35(40-27)41-28(43)15-48-16-29(44)45)37(47)50-33-21(5)12-18(2)13-22(33)6/h14,17-22,32-33,39H,10-13,15-16H2,1-9H3,(H,38,42)(H,44,45)(H,40,41,43)/b27-14-. The van der Waals surface area contributed by atoms with Crippen molar-refractivity contribution in [3.63, 3.8) is 0 Å². The van der Waals surface area contributed by atoms with E-state index >= 15 is 0 Å². The zero-order valence-corrected chi connectivity index (χ0v) is 30.6. The van der Waals surface area contributed by atoms with Gasteiger partial charge in [0.05, 0.1) is 5.70 Å². The number of aromatic amines is 1. The number of hydrogen-bond donors (Lipinski definition) is 4. The van der Waals surface area contributed by atoms with Gasteiger partial charge in [0, 0.05) is 12.6 Å². The topological polar surface area (TPSA) is 185 Å². The molecule has 0 radical (unpaired) electrons. The number of carbonyl (C=O) groups excluding carboxylic acids is 4. The van der Waals surface area contributed by atoms with E-state index in [-0.39, 0.29) is 64.6 Å². The summed E-state index contributed by atoms with van der Waals surface area (Å²) in [7, 11) is 0. The molecule has 2 saturated carbocycles. The fourth-order valence-corrected chi connectivity index (χ4v) is 8.08. The van der Waals surface area contributed by atoms with Crippen LogP contribution in [0.4, 0.5) is 5.82 Å². The van der Waals surface area contributed by atoms with Gasteiger partial charge in [0.1, 0.15) is 48.2 Å². The first kappa shape index (κ1) is 38.5. The van der Waals surface area contributed by atoms with Crippen LogP contribution in [0.25, 0.3) is 6.08 Å². The van der Waals surface area contributed by atoms with E-state index in [1.807, 2.05) is 0 Å². The summed E-state index contributed by atoms with van der Waals surface area (Å²) >= 11 is 0. The third-order valence-corrected chi connectivity index (χ3v) is 10.1. The molecule has 1 aliphatic heterocycles. The van der Waals surface area contributed by atoms with E-state index in [0.717, 1.165) is 25.7 Å². The smallest absolute Gasteiger partial charge is 0.342 e. The molecule has 1 aromatic heterocycles. The summed E-state index contributed by atoms with van der Waals surface area (Å²) in [5, 5.41) is 14.2. The predicted octanol–water partition coefficient (Wildman–Crippen LogP) is 5.41. The average molecular weight is 697 g/mol. The summed E-state index contributed by atoms with van der Waals surface area (Å²) in [6.07, 6.45) is 4.73. The molecular formula is C37H52N4O9. The van der Waals surface area contributed by atoms with Crippen LogP contribution in [0.2, 0.25) is 0 Å². The van der Waals surface area contributed by atoms with E-state index in [9.17, 15) is 24.0 Å². The number of ether oxygens (including phenoxy) is 3. The number of aliphatic carboxylic acids is 1. The van der Waals surface area contributed by atoms with E-state index in [1.54, 1.807) is 19.9 Å². The van der Waals surface area contributed by atoms with Gasteiger partial charge >= 0.3 is 17.9 Å². The minimum atomic E-state index is -1.23. The molecule has 0 bridgehead atoms. The number of amidine groups is 1. The van der Waals surface area contributed by atoms with Gasteiger partial charge in [-0.1, -0.05) is 41.5 Å². The van der Waals surface area contributed by atoms with E-state index in [4.69, 9.17) is 19.3 Å². The van der Waals surface area contributed by atoms with Gasteiger partial charge in [0.2, 0.25) is 5.91 Å². The molecule has 50 heavy (non-hydrogen) atoms. The van der Waals surface area contributed by atoms with Gasteiger partial charge in [-0.05, 0) is 92.3 Å². The number of amides is 2. The van der Waals surface area contributed by atoms with E-state index in [1.165, 1.54) is 6.92 Å². The summed E-state index contributed by atoms with van der Waals surface area (Å²) in [5.74, 6) is -1.76. The van der Waals surface area contributed by atoms with E-state index in [2.05, 4.69) is 62.2 Å². The number of rotatable bonds is 10. The molecule has 0 aromatic carbocycles. The predicted molar refractivity (Wildman–Crippen MR) is 187 cm³/mol. The maximum atomic E-state index is 13.8. The molecule has 0 saturated heterocycles. The van der Waals surface area contributed by atoms with Crippen LogP contribution in [0.15, 0.2) is 21.8 Å². The third kappa shape index (κ3) is 9.09. The molecule has 2 aliphatic carbocycles. The Kier molecular flexibility index (Phi) is 12.5. The molecule has 274 valence electrons. The van der Waals surface area contributed by atoms with Crippen LogP contribution in [0.5, 0.6) is 0 Å². The Bertz CT molecular complexity index is 1580. The third-order valence-electron chi connectivity index (χ3n) is 10.1. The van der Waals surface area contributed by atoms with Crippen molar-refractivity contribution in [2.75, 3.05) is 18.5 Å². The Morgan fingerprint density at radius 1 is 0.820 bits per heavy atom. The Hall–Kier alpha value is -4.26. The highest BCUT2D eigenvalue weighted by Crippen LogP contribution is 2.38. The van der Waals surface area contributed by atoms with Gasteiger partial charge in [-0.15, -0.1) is 0 Å². The fourth-order valence-electron chi connectivity index (χ4n) is 8.08. The molecule has 13 nitrogen and oxygen atoms in total. The number of nitrogens with zero attached hydrogens (tertiary/aromatic N) is 1. The van der Waals surface area contributed by atoms with Crippen molar-refractivity contribution >= 4 is 47.5 Å². The minimum Gasteiger partial charge on any atom is -0.480 e. The maximum absolute atomic E-state index is 13.8. The molecule has 2 fully saturated rings. The Balaban J connectivity index is 1.70. The Morgan fingerprint density at radius 2 is 1.34 bits per heavy atom. The first-order valence-corrected chi connectivity index (χ1v) is 17.5. The quantitative estimate of drug-likeness (QED) is 0.232. The monoisotopic (exact) mass is 696 g/mol. The molecule has 4 rings (SSSR count). The lowest BCUT2D eigenvalue weighted by atomic mass is 9.75. The van der Waals surface area contributed by atoms with Gasteiger partial charge < -0.3 is 34.9 Å². The molecule has 4 N–H and O–H groups in total. The number of carboxylic acid groups (broad SMARTS) is 1. The summed E-state index contributed by atoms with van der Waals surface area (Å²) in [5.41, 5.74) is 1.90. The lowest BCUT2D eigenvalue weighted by molar-refractivity contribution is -0.152. The number of allylic oxidation sites excluding steroid dienone is 1. The van der Waals surface area contributed by atoms with Gasteiger partial charge in [-0.3, -0.25) is 9.59 Å². The lowest BCUT2D eigenvalue weighted by Gasteiger charge is -2.37. The van der Waals surface area contributed by atoms with Crippen LogP contribution in [0.3, 0.4) is 0 Å². The first-order valence-electron chi connectivity index (χ1n) is 17.5. The van der Waals surface area contributed by atoms with Crippen molar-refractivity contribution in [3.8, 4) is 0 Å². The molecule has 3 aliphatic rings. The van der Waals surface area contributed by atoms with Crippen molar-refractivity contribution in [1.29, 1.82) is 0 Å². The number of esters is 2. The van der Waals surface area contributed by atoms with Crippen LogP contribution in [-0.4, -0.2) is 71.1 Å². The number of carboxylic acids is 1. The van der Waals surface area contributed by atoms with Crippen molar-refractivity contribution in [1.82, 2.24) is 10.3 Å². The highest BCUT2D eigenvalue weighted by molar-refractivity contribution is 6.25. The molecule has 1 aromatic rings. The minimum absolute atomic E-state index is 0.0567. The normalized spacial score (nSPS) is 29.0. The van der Waals surface area contributed by atoms with Gasteiger partial charge in [-0.25, -0.2) is 19.4 Å². The number of anilines is 1. The summed E-state index contributed by atoms with van der Waals surface area (Å²) in [6.45, 7) is 16.2. The number of aliphatic imine (C=N–C) groups is 1. The second-order valence-corrected chi connectivity index (χ2v) is 14.8. The summed E-state index contributed by atoms with van der Waals surface area (Å²) in [4.78, 5) is 71.0. The summed E-state index contributed by atoms with van der Waals surface area (Å²) in [6, 6.07) is 0. The molecule has 2 amide bonds. The second-order valence-electron chi connectivity index (χ2n) is 14.8. The highest BCUT2D eigenvalue weighted by atomic mass is 16.5. The van der Waals surface area contributed by atoms with E-state index < -0.39 is 37.0 Å². The molecule has 13 heteroatoms. The fraction of sp³-hybridized carbons (Fsp3) is 0.622. The first-order chi connectivity index (χ1) is 23.5. The maximum Gasteiger partial charge on any atom is 0.342 e. The largest absolute Gasteiger partial charge is 0.480 e. The van der Waals surface area contributed by atoms with Crippen LogP contribution in [0, 0.1) is 42.4 Å². The number of aromatic nitrogens is 1. The summed E-state index contributed by atoms with van der Waals surface area (Å²) < 4.78 is 17.1. The number of H-pyrrole nitrogens is 1. The zero-order valence-electron chi connectivity index (χ0n) is 30.6. The second kappa shape index (κ2) is 16.2. The average Bonchev–Trinajstić information content (AvgIpc) is 3.46. The Morgan fingerprint density at radius 3 is 1.84 bits per heavy atom. The van der Waals surface area contributed by atoms with Crippen molar-refractivity contribution in [2.45, 2.75) is 100 Å². The zero-order chi connectivity index (χ0) is 37.0. The Labute approximate surface area is 293 Å². The number of hydrogen-bond acceptors (Lipinski definition) is 9. The lowest BCUT2D eigenvalue weighted by Crippen LogP contribution is -2.40. The molecule has 2 heterocycles. The van der Waals surface area contributed by atoms with Gasteiger partial charge in [0.25, 0.3) is 5.91 Å². The van der Waals surface area contributed by atoms with Gasteiger partial charge in [0.15, 0.2) is 0 Å². The van der Waals surface area contributed by atoms with Crippen LogP contribution in [-0.2, 0) is 33.4 Å². The highest BCUT2D eigenvalue weighted by Gasteiger charge is 2.38. The number of carbonyl (C=O) groups is 5. The SMILES string of the molecule is CC(=O)Nc1[nH]c(/C=C2\N=C(NC(=O)COCC(=O)O)C(C(=O)OC3C(C)CC(C)CC3C)=C2C)c(C)c1C(=O)OC1C(C)CC(C)CC1C. The van der Waals surface area contributed by atoms with Crippen LogP contribution >= 0.6 is 0 Å². The molecular weight excluding hydrogens is 644 g/mol. The molecule has 4 atom stereocenters. The molecule has 0 spiro atoms. The van der Waals surface area contributed by atoms with Crippen molar-refractivity contribution < 1.29 is 43.3 Å². The molecule has 4 unspecified atom stereocenters. The van der Waals surface area contributed by atoms with E-state index in [0.29, 0.717) is 34.4 Å². The number of nitrogens with one attached hydrogen (secondary N) is 3.